The number of hydrogen-bond acceptors (Lipinski definition) is 3. The second-order valence-electron chi connectivity index (χ2n) is 22.2. The number of nitriles is 1. The minimum absolute atomic E-state index is 0.334. The fourth-order valence-electron chi connectivity index (χ4n) is 14.2. The first-order valence-corrected chi connectivity index (χ1v) is 29.1. The van der Waals surface area contributed by atoms with Gasteiger partial charge in [-0.15, -0.1) is 11.3 Å². The number of para-hydroxylation sites is 5. The van der Waals surface area contributed by atoms with Gasteiger partial charge in [-0.25, -0.2) is 4.85 Å². The van der Waals surface area contributed by atoms with Gasteiger partial charge in [0.25, 0.3) is 0 Å². The van der Waals surface area contributed by atoms with Crippen LogP contribution < -0.4 is 0 Å². The Morgan fingerprint density at radius 2 is 0.905 bits per heavy atom. The van der Waals surface area contributed by atoms with Crippen molar-refractivity contribution in [2.24, 2.45) is 0 Å². The van der Waals surface area contributed by atoms with E-state index in [0.717, 1.165) is 136 Å². The van der Waals surface area contributed by atoms with Crippen molar-refractivity contribution in [1.82, 2.24) is 18.3 Å². The number of furan rings is 1. The van der Waals surface area contributed by atoms with Gasteiger partial charge in [0, 0.05) is 69.3 Å². The second kappa shape index (κ2) is 17.2. The lowest BCUT2D eigenvalue weighted by molar-refractivity contribution is 0.671. The zero-order valence-corrected chi connectivity index (χ0v) is 46.3. The monoisotopic (exact) mass is 1090 g/mol. The van der Waals surface area contributed by atoms with Crippen LogP contribution in [0, 0.1) is 31.8 Å². The van der Waals surface area contributed by atoms with Gasteiger partial charge < -0.3 is 22.7 Å². The maximum Gasteiger partial charge on any atom is 0.237 e. The van der Waals surface area contributed by atoms with E-state index in [-0.39, 0.29) is 0 Å². The van der Waals surface area contributed by atoms with E-state index in [9.17, 15) is 11.8 Å². The Hall–Kier alpha value is -11.2. The van der Waals surface area contributed by atoms with Crippen molar-refractivity contribution in [3.05, 3.63) is 259 Å². The number of aromatic nitrogens is 4. The molecule has 84 heavy (non-hydrogen) atoms. The van der Waals surface area contributed by atoms with Crippen LogP contribution in [0.25, 0.3) is 168 Å². The lowest BCUT2D eigenvalue weighted by Gasteiger charge is -2.27. The molecule has 6 heterocycles. The van der Waals surface area contributed by atoms with E-state index in [2.05, 4.69) is 257 Å². The van der Waals surface area contributed by atoms with Crippen molar-refractivity contribution in [1.29, 1.82) is 5.26 Å². The average molecular weight is 1090 g/mol. The molecule has 0 bridgehead atoms. The molecule has 6 aromatic heterocycles. The molecule has 0 saturated carbocycles. The number of fused-ring (bicyclic) bond motifs is 20. The van der Waals surface area contributed by atoms with Gasteiger partial charge in [-0.2, -0.15) is 5.26 Å². The molecule has 18 rings (SSSR count). The van der Waals surface area contributed by atoms with Crippen molar-refractivity contribution >= 4 is 146 Å². The molecule has 18 aromatic rings. The molecule has 0 aliphatic heterocycles. The zero-order chi connectivity index (χ0) is 55.6. The molecular weight excluding hydrogens is 1040 g/mol. The molecular formula is C76H44N6OS. The minimum atomic E-state index is 0.334. The standard InChI is InChI=1S/C76H44N6OS/c1-43-39-57-54-35-37-56-52-26-12-18-32-67(52)84-76(56)72(54)82(65(57)40-44(43)2)69-59(42-77)70(79-60-27-13-7-21-47(60)48-22-8-14-28-61(48)79)74(73(68(69)78-3)80-62-29-15-9-23-49(62)50-24-10-16-30-63(50)80)81-64-38-33-46(45-19-5-4-6-20-45)41-58(64)53-34-36-55-51-25-11-17-31-66(51)83-75(55)71(53)81/h4-41H,1-2H3. The van der Waals surface area contributed by atoms with Gasteiger partial charge in [-0.3, -0.25) is 0 Å². The summed E-state index contributed by atoms with van der Waals surface area (Å²) in [6.07, 6.45) is 0. The number of benzene rings is 12. The third-order valence-corrected chi connectivity index (χ3v) is 19.1. The quantitative estimate of drug-likeness (QED) is 0.161. The first kappa shape index (κ1) is 46.6. The van der Waals surface area contributed by atoms with E-state index in [1.807, 2.05) is 12.1 Å². The Morgan fingerprint density at radius 1 is 0.393 bits per heavy atom. The molecule has 0 fully saturated rings. The third kappa shape index (κ3) is 6.11. The first-order chi connectivity index (χ1) is 41.5. The van der Waals surface area contributed by atoms with Crippen LogP contribution in [-0.4, -0.2) is 18.3 Å². The molecule has 0 amide bonds. The van der Waals surface area contributed by atoms with E-state index >= 15 is 0 Å². The Bertz CT molecular complexity index is 5780. The molecule has 390 valence electrons. The van der Waals surface area contributed by atoms with Crippen molar-refractivity contribution < 1.29 is 4.42 Å². The van der Waals surface area contributed by atoms with Gasteiger partial charge in [0.2, 0.25) is 5.69 Å². The van der Waals surface area contributed by atoms with Crippen molar-refractivity contribution in [2.75, 3.05) is 0 Å². The normalized spacial score (nSPS) is 12.1. The van der Waals surface area contributed by atoms with E-state index in [0.29, 0.717) is 39.6 Å². The summed E-state index contributed by atoms with van der Waals surface area (Å²) in [6.45, 7) is 14.4. The number of rotatable bonds is 5. The fourth-order valence-corrected chi connectivity index (χ4v) is 15.4. The number of nitrogens with zero attached hydrogens (tertiary/aromatic N) is 6. The van der Waals surface area contributed by atoms with E-state index < -0.39 is 0 Å². The van der Waals surface area contributed by atoms with E-state index in [4.69, 9.17) is 9.26 Å². The molecule has 0 aliphatic carbocycles. The van der Waals surface area contributed by atoms with Gasteiger partial charge in [0.05, 0.1) is 83.7 Å². The maximum atomic E-state index is 13.0. The summed E-state index contributed by atoms with van der Waals surface area (Å²) in [4.78, 5) is 4.92. The van der Waals surface area contributed by atoms with Gasteiger partial charge >= 0.3 is 0 Å². The van der Waals surface area contributed by atoms with Gasteiger partial charge in [-0.05, 0) is 103 Å². The Kier molecular flexibility index (Phi) is 9.53. The van der Waals surface area contributed by atoms with Crippen LogP contribution in [0.1, 0.15) is 16.7 Å². The molecule has 0 radical (unpaired) electrons. The summed E-state index contributed by atoms with van der Waals surface area (Å²) in [7, 11) is 0. The number of aryl methyl sites for hydroxylation is 2. The Labute approximate surface area is 483 Å². The molecule has 0 aliphatic rings. The van der Waals surface area contributed by atoms with Crippen molar-refractivity contribution in [3.8, 4) is 39.9 Å². The molecule has 7 nitrogen and oxygen atoms in total. The molecule has 0 spiro atoms. The fraction of sp³-hybridized carbons (Fsp3) is 0.0263. The summed E-state index contributed by atoms with van der Waals surface area (Å²) in [5.74, 6) is 0. The molecule has 12 aromatic carbocycles. The van der Waals surface area contributed by atoms with Gasteiger partial charge in [0.15, 0.2) is 5.58 Å². The highest BCUT2D eigenvalue weighted by Gasteiger charge is 2.36. The Balaban J connectivity index is 1.17. The topological polar surface area (TPSA) is 61.0 Å². The summed E-state index contributed by atoms with van der Waals surface area (Å²) in [6, 6.07) is 84.8. The van der Waals surface area contributed by atoms with Crippen LogP contribution >= 0.6 is 11.3 Å². The van der Waals surface area contributed by atoms with Crippen molar-refractivity contribution in [2.45, 2.75) is 13.8 Å². The van der Waals surface area contributed by atoms with Gasteiger partial charge in [0.1, 0.15) is 11.7 Å². The highest BCUT2D eigenvalue weighted by molar-refractivity contribution is 7.26. The maximum absolute atomic E-state index is 13.0. The average Bonchev–Trinajstić information content (AvgIpc) is 2.07. The van der Waals surface area contributed by atoms with Crippen molar-refractivity contribution in [3.63, 3.8) is 0 Å². The second-order valence-corrected chi connectivity index (χ2v) is 23.2. The van der Waals surface area contributed by atoms with E-state index in [1.165, 1.54) is 10.1 Å². The first-order valence-electron chi connectivity index (χ1n) is 28.3. The molecule has 0 unspecified atom stereocenters. The summed E-state index contributed by atoms with van der Waals surface area (Å²) >= 11 is 1.76. The highest BCUT2D eigenvalue weighted by atomic mass is 32.1. The molecule has 0 saturated heterocycles. The van der Waals surface area contributed by atoms with E-state index in [1.54, 1.807) is 11.3 Å². The number of hydrogen-bond donors (Lipinski definition) is 0. The number of thiophene rings is 1. The summed E-state index contributed by atoms with van der Waals surface area (Å²) in [5.41, 5.74) is 16.3. The lowest BCUT2D eigenvalue weighted by Crippen LogP contribution is -2.14. The Morgan fingerprint density at radius 3 is 1.56 bits per heavy atom. The summed E-state index contributed by atoms with van der Waals surface area (Å²) < 4.78 is 18.8. The minimum Gasteiger partial charge on any atom is -0.454 e. The largest absolute Gasteiger partial charge is 0.454 e. The van der Waals surface area contributed by atoms with Gasteiger partial charge in [-0.1, -0.05) is 164 Å². The zero-order valence-electron chi connectivity index (χ0n) is 45.4. The SMILES string of the molecule is [C-]#[N+]c1c(-n2c3ccccc3c3ccccc32)c(-n2c3ccc(-c4ccccc4)cc3c3ccc4c5ccccc5oc4c32)c(-n2c3ccccc3c3ccccc32)c(C#N)c1-n1c2cc(C)c(C)cc2c2ccc3c4ccccc4sc3c21. The van der Waals surface area contributed by atoms with Crippen LogP contribution in [0.5, 0.6) is 0 Å². The lowest BCUT2D eigenvalue weighted by atomic mass is 10.0. The summed E-state index contributed by atoms with van der Waals surface area (Å²) in [5, 5.41) is 25.5. The van der Waals surface area contributed by atoms with Crippen LogP contribution in [0.3, 0.4) is 0 Å². The molecule has 0 atom stereocenters. The van der Waals surface area contributed by atoms with Crippen LogP contribution in [0.4, 0.5) is 5.69 Å². The predicted molar refractivity (Wildman–Crippen MR) is 350 cm³/mol. The van der Waals surface area contributed by atoms with Crippen LogP contribution in [0.15, 0.2) is 235 Å². The predicted octanol–water partition coefficient (Wildman–Crippen LogP) is 21.0. The smallest absolute Gasteiger partial charge is 0.237 e. The van der Waals surface area contributed by atoms with Crippen LogP contribution in [0.2, 0.25) is 0 Å². The highest BCUT2D eigenvalue weighted by Crippen LogP contribution is 2.54. The van der Waals surface area contributed by atoms with Crippen LogP contribution in [-0.2, 0) is 0 Å². The molecule has 0 N–H and O–H groups in total. The molecule has 8 heteroatoms. The third-order valence-electron chi connectivity index (χ3n) is 17.9.